The second kappa shape index (κ2) is 6.02. The van der Waals surface area contributed by atoms with E-state index >= 15 is 0 Å². The van der Waals surface area contributed by atoms with Crippen molar-refractivity contribution in [3.63, 3.8) is 0 Å². The zero-order valence-corrected chi connectivity index (χ0v) is 13.6. The van der Waals surface area contributed by atoms with Crippen LogP contribution in [0.1, 0.15) is 42.4 Å². The topological polar surface area (TPSA) is 25.8 Å². The zero-order chi connectivity index (χ0) is 14.0. The maximum absolute atomic E-state index is 6.27. The van der Waals surface area contributed by atoms with Gasteiger partial charge in [0.15, 0.2) is 0 Å². The second-order valence-electron chi connectivity index (χ2n) is 4.89. The highest BCUT2D eigenvalue weighted by atomic mass is 79.9. The summed E-state index contributed by atoms with van der Waals surface area (Å²) in [5, 5.41) is 0.576. The van der Waals surface area contributed by atoms with Gasteiger partial charge in [0.25, 0.3) is 0 Å². The summed E-state index contributed by atoms with van der Waals surface area (Å²) in [6, 6.07) is 8.15. The van der Waals surface area contributed by atoms with Gasteiger partial charge >= 0.3 is 0 Å². The number of halogens is 2. The molecule has 1 heterocycles. The Balaban J connectivity index is 2.32. The molecule has 0 radical (unpaired) electrons. The Kier molecular flexibility index (Phi) is 4.58. The minimum absolute atomic E-state index is 0.340. The molecule has 0 atom stereocenters. The summed E-state index contributed by atoms with van der Waals surface area (Å²) in [5.74, 6) is 1.11. The van der Waals surface area contributed by atoms with Crippen molar-refractivity contribution >= 4 is 27.5 Å². The molecule has 0 bridgehead atoms. The van der Waals surface area contributed by atoms with Crippen molar-refractivity contribution in [2.45, 2.75) is 33.1 Å². The van der Waals surface area contributed by atoms with E-state index in [0.29, 0.717) is 17.5 Å². The number of aryl methyl sites for hydroxylation is 1. The lowest BCUT2D eigenvalue weighted by molar-refractivity contribution is 0.810. The number of nitrogens with zero attached hydrogens (tertiary/aromatic N) is 2. The van der Waals surface area contributed by atoms with Gasteiger partial charge in [-0.15, -0.1) is 0 Å². The Morgan fingerprint density at radius 2 is 2.00 bits per heavy atom. The van der Waals surface area contributed by atoms with E-state index in [0.717, 1.165) is 21.6 Å². The molecule has 1 aromatic carbocycles. The van der Waals surface area contributed by atoms with E-state index in [1.54, 1.807) is 0 Å². The molecule has 2 aromatic rings. The molecule has 0 N–H and O–H groups in total. The van der Waals surface area contributed by atoms with E-state index in [4.69, 9.17) is 11.6 Å². The van der Waals surface area contributed by atoms with Crippen LogP contribution in [0, 0.1) is 6.92 Å². The van der Waals surface area contributed by atoms with E-state index in [9.17, 15) is 0 Å². The van der Waals surface area contributed by atoms with Crippen LogP contribution in [0.5, 0.6) is 0 Å². The van der Waals surface area contributed by atoms with Gasteiger partial charge in [-0.25, -0.2) is 9.97 Å². The highest BCUT2D eigenvalue weighted by Gasteiger charge is 2.13. The summed E-state index contributed by atoms with van der Waals surface area (Å²) < 4.78 is 1.06. The van der Waals surface area contributed by atoms with Gasteiger partial charge in [-0.1, -0.05) is 53.5 Å². The largest absolute Gasteiger partial charge is 0.237 e. The third kappa shape index (κ3) is 3.54. The molecular formula is C15H16BrClN2. The first-order chi connectivity index (χ1) is 8.97. The molecule has 0 aliphatic heterocycles. The Morgan fingerprint density at radius 3 is 2.58 bits per heavy atom. The van der Waals surface area contributed by atoms with Gasteiger partial charge in [-0.2, -0.15) is 0 Å². The third-order valence-electron chi connectivity index (χ3n) is 2.96. The van der Waals surface area contributed by atoms with Gasteiger partial charge in [0.1, 0.15) is 11.0 Å². The molecule has 19 heavy (non-hydrogen) atoms. The molecule has 0 aliphatic carbocycles. The number of benzene rings is 1. The summed E-state index contributed by atoms with van der Waals surface area (Å²) in [6.07, 6.45) is 0.693. The monoisotopic (exact) mass is 338 g/mol. The molecule has 4 heteroatoms. The first kappa shape index (κ1) is 14.5. The van der Waals surface area contributed by atoms with Crippen LogP contribution in [-0.2, 0) is 6.42 Å². The van der Waals surface area contributed by atoms with Gasteiger partial charge in [-0.3, -0.25) is 0 Å². The first-order valence-electron chi connectivity index (χ1n) is 6.24. The molecule has 2 rings (SSSR count). The van der Waals surface area contributed by atoms with Crippen molar-refractivity contribution in [3.8, 4) is 0 Å². The van der Waals surface area contributed by atoms with Gasteiger partial charge in [0.2, 0.25) is 0 Å². The summed E-state index contributed by atoms with van der Waals surface area (Å²) in [6.45, 7) is 6.20. The first-order valence-corrected chi connectivity index (χ1v) is 7.42. The quantitative estimate of drug-likeness (QED) is 0.742. The average Bonchev–Trinajstić information content (AvgIpc) is 2.27. The number of hydrogen-bond donors (Lipinski definition) is 0. The van der Waals surface area contributed by atoms with E-state index in [1.165, 1.54) is 5.56 Å². The van der Waals surface area contributed by atoms with Gasteiger partial charge < -0.3 is 0 Å². The van der Waals surface area contributed by atoms with Crippen molar-refractivity contribution in [3.05, 3.63) is 56.5 Å². The van der Waals surface area contributed by atoms with Crippen molar-refractivity contribution in [2.24, 2.45) is 0 Å². The van der Waals surface area contributed by atoms with Gasteiger partial charge in [0, 0.05) is 22.2 Å². The van der Waals surface area contributed by atoms with Crippen molar-refractivity contribution < 1.29 is 0 Å². The highest BCUT2D eigenvalue weighted by Crippen LogP contribution is 2.25. The maximum atomic E-state index is 6.27. The van der Waals surface area contributed by atoms with E-state index < -0.39 is 0 Å². The fraction of sp³-hybridized carbons (Fsp3) is 0.333. The Bertz CT molecular complexity index is 573. The Morgan fingerprint density at radius 1 is 1.26 bits per heavy atom. The van der Waals surface area contributed by atoms with Crippen LogP contribution < -0.4 is 0 Å². The van der Waals surface area contributed by atoms with Crippen LogP contribution in [0.15, 0.2) is 28.7 Å². The summed E-state index contributed by atoms with van der Waals surface area (Å²) >= 11 is 9.74. The van der Waals surface area contributed by atoms with Crippen LogP contribution >= 0.6 is 27.5 Å². The van der Waals surface area contributed by atoms with Crippen LogP contribution in [0.25, 0.3) is 0 Å². The maximum Gasteiger partial charge on any atom is 0.136 e. The van der Waals surface area contributed by atoms with Crippen molar-refractivity contribution in [2.75, 3.05) is 0 Å². The molecule has 0 saturated carbocycles. The van der Waals surface area contributed by atoms with Crippen LogP contribution in [0.4, 0.5) is 0 Å². The molecule has 0 saturated heterocycles. The lowest BCUT2D eigenvalue weighted by atomic mass is 10.0. The zero-order valence-electron chi connectivity index (χ0n) is 11.2. The molecular weight excluding hydrogens is 324 g/mol. The highest BCUT2D eigenvalue weighted by molar-refractivity contribution is 9.10. The molecule has 0 aliphatic rings. The molecule has 100 valence electrons. The normalized spacial score (nSPS) is 11.1. The average molecular weight is 340 g/mol. The predicted molar refractivity (Wildman–Crippen MR) is 82.8 cm³/mol. The summed E-state index contributed by atoms with van der Waals surface area (Å²) in [7, 11) is 0. The van der Waals surface area contributed by atoms with Crippen LogP contribution in [-0.4, -0.2) is 9.97 Å². The molecule has 0 unspecified atom stereocenters. The van der Waals surface area contributed by atoms with E-state index in [-0.39, 0.29) is 0 Å². The molecule has 0 spiro atoms. The van der Waals surface area contributed by atoms with Crippen LogP contribution in [0.2, 0.25) is 5.15 Å². The predicted octanol–water partition coefficient (Wildman–Crippen LogP) is 4.92. The van der Waals surface area contributed by atoms with E-state index in [2.05, 4.69) is 51.9 Å². The van der Waals surface area contributed by atoms with Crippen LogP contribution in [0.3, 0.4) is 0 Å². The minimum Gasteiger partial charge on any atom is -0.237 e. The Hall–Kier alpha value is -0.930. The lowest BCUT2D eigenvalue weighted by Crippen LogP contribution is -2.05. The molecule has 1 aromatic heterocycles. The summed E-state index contributed by atoms with van der Waals surface area (Å²) in [5.41, 5.74) is 3.18. The number of hydrogen-bond acceptors (Lipinski definition) is 2. The fourth-order valence-electron chi connectivity index (χ4n) is 2.17. The molecule has 0 amide bonds. The fourth-order valence-corrected chi connectivity index (χ4v) is 3.07. The van der Waals surface area contributed by atoms with E-state index in [1.807, 2.05) is 19.1 Å². The third-order valence-corrected chi connectivity index (χ3v) is 3.75. The van der Waals surface area contributed by atoms with Crippen molar-refractivity contribution in [1.82, 2.24) is 9.97 Å². The van der Waals surface area contributed by atoms with Gasteiger partial charge in [-0.05, 0) is 30.5 Å². The standard InChI is InChI=1S/C15H16BrClN2/c1-9(2)14-10(3)18-13(19-15(14)17)8-11-5-4-6-12(16)7-11/h4-7,9H,8H2,1-3H3. The SMILES string of the molecule is Cc1nc(Cc2cccc(Br)c2)nc(Cl)c1C(C)C. The second-order valence-corrected chi connectivity index (χ2v) is 6.16. The number of rotatable bonds is 3. The lowest BCUT2D eigenvalue weighted by Gasteiger charge is -2.12. The smallest absolute Gasteiger partial charge is 0.136 e. The summed E-state index contributed by atoms with van der Waals surface area (Å²) in [4.78, 5) is 8.99. The van der Waals surface area contributed by atoms with Gasteiger partial charge in [0.05, 0.1) is 0 Å². The van der Waals surface area contributed by atoms with Crippen molar-refractivity contribution in [1.29, 1.82) is 0 Å². The minimum atomic E-state index is 0.340. The Labute approximate surface area is 127 Å². The number of aromatic nitrogens is 2. The molecule has 2 nitrogen and oxygen atoms in total. The molecule has 0 fully saturated rings.